The van der Waals surface area contributed by atoms with Gasteiger partial charge in [-0.3, -0.25) is 10.4 Å². The van der Waals surface area contributed by atoms with E-state index in [2.05, 4.69) is 15.2 Å². The smallest absolute Gasteiger partial charge is 0.408 e. The first kappa shape index (κ1) is 15.8. The molecule has 1 aliphatic heterocycles. The van der Waals surface area contributed by atoms with Crippen LogP contribution in [0.15, 0.2) is 29.3 Å². The molecule has 0 saturated carbocycles. The minimum atomic E-state index is -4.59. The zero-order valence-electron chi connectivity index (χ0n) is 11.3. The maximum Gasteiger partial charge on any atom is 0.408 e. The van der Waals surface area contributed by atoms with E-state index in [0.29, 0.717) is 5.56 Å². The third kappa shape index (κ3) is 3.17. The molecule has 9 heteroatoms. The summed E-state index contributed by atoms with van der Waals surface area (Å²) >= 11 is 0. The van der Waals surface area contributed by atoms with Crippen molar-refractivity contribution in [1.82, 2.24) is 10.9 Å². The lowest BCUT2D eigenvalue weighted by Gasteiger charge is -2.32. The van der Waals surface area contributed by atoms with E-state index in [1.54, 1.807) is 0 Å². The molecular formula is C13H11F3N4O2. The molecule has 2 rings (SSSR count). The first-order valence-corrected chi connectivity index (χ1v) is 6.11. The summed E-state index contributed by atoms with van der Waals surface area (Å²) < 4.78 is 43.7. The van der Waals surface area contributed by atoms with Crippen LogP contribution in [0.3, 0.4) is 0 Å². The summed E-state index contributed by atoms with van der Waals surface area (Å²) in [4.78, 5) is 15.2. The number of amidine groups is 1. The molecule has 6 nitrogen and oxygen atoms in total. The lowest BCUT2D eigenvalue weighted by Crippen LogP contribution is -2.59. The van der Waals surface area contributed by atoms with Gasteiger partial charge in [-0.1, -0.05) is 12.1 Å². The Balaban J connectivity index is 2.42. The number of ether oxygens (including phenoxy) is 1. The summed E-state index contributed by atoms with van der Waals surface area (Å²) in [5.74, 6) is -1.23. The molecule has 1 aromatic rings. The van der Waals surface area contributed by atoms with Crippen LogP contribution in [-0.2, 0) is 9.53 Å². The first-order chi connectivity index (χ1) is 10.4. The molecule has 2 atom stereocenters. The van der Waals surface area contributed by atoms with Crippen LogP contribution in [0, 0.1) is 11.3 Å². The second-order valence-corrected chi connectivity index (χ2v) is 4.44. The van der Waals surface area contributed by atoms with Crippen LogP contribution in [0.1, 0.15) is 17.2 Å². The predicted octanol–water partition coefficient (Wildman–Crippen LogP) is 1.21. The molecule has 0 amide bonds. The van der Waals surface area contributed by atoms with Gasteiger partial charge in [0.05, 0.1) is 18.7 Å². The summed E-state index contributed by atoms with van der Waals surface area (Å²) in [6.07, 6.45) is -4.59. The SMILES string of the molecule is COC(=O)C1=N[C@H](c2ccc(C#N)cc2)[C@@H](C(F)(F)F)NN1. The number of halogens is 3. The summed E-state index contributed by atoms with van der Waals surface area (Å²) in [5.41, 5.74) is 4.66. The fourth-order valence-corrected chi connectivity index (χ4v) is 1.95. The van der Waals surface area contributed by atoms with Crippen molar-refractivity contribution < 1.29 is 22.7 Å². The second kappa shape index (κ2) is 6.03. The number of benzene rings is 1. The van der Waals surface area contributed by atoms with Crippen molar-refractivity contribution in [3.8, 4) is 6.07 Å². The first-order valence-electron chi connectivity index (χ1n) is 6.11. The van der Waals surface area contributed by atoms with Gasteiger partial charge in [0.25, 0.3) is 0 Å². The van der Waals surface area contributed by atoms with Crippen molar-refractivity contribution in [1.29, 1.82) is 5.26 Å². The summed E-state index contributed by atoms with van der Waals surface area (Å²) in [5, 5.41) is 8.73. The number of methoxy groups -OCH3 is 1. The number of hydrogen-bond donors (Lipinski definition) is 2. The Hall–Kier alpha value is -2.60. The van der Waals surface area contributed by atoms with Crippen molar-refractivity contribution in [3.63, 3.8) is 0 Å². The van der Waals surface area contributed by atoms with Crippen LogP contribution in [0.4, 0.5) is 13.2 Å². The zero-order chi connectivity index (χ0) is 16.3. The number of carbonyl (C=O) groups is 1. The van der Waals surface area contributed by atoms with Crippen molar-refractivity contribution in [2.24, 2.45) is 4.99 Å². The molecule has 1 aliphatic rings. The Labute approximate surface area is 123 Å². The van der Waals surface area contributed by atoms with Crippen LogP contribution >= 0.6 is 0 Å². The van der Waals surface area contributed by atoms with E-state index in [-0.39, 0.29) is 11.4 Å². The van der Waals surface area contributed by atoms with Crippen molar-refractivity contribution in [2.75, 3.05) is 7.11 Å². The Kier molecular flexibility index (Phi) is 4.32. The van der Waals surface area contributed by atoms with Crippen molar-refractivity contribution in [3.05, 3.63) is 35.4 Å². The van der Waals surface area contributed by atoms with Crippen LogP contribution in [0.2, 0.25) is 0 Å². The number of rotatable bonds is 2. The largest absolute Gasteiger partial charge is 0.463 e. The van der Waals surface area contributed by atoms with Gasteiger partial charge in [-0.25, -0.2) is 10.2 Å². The number of hydrazine groups is 1. The normalized spacial score (nSPS) is 21.3. The minimum Gasteiger partial charge on any atom is -0.463 e. The molecule has 0 bridgehead atoms. The molecular weight excluding hydrogens is 301 g/mol. The van der Waals surface area contributed by atoms with Crippen LogP contribution < -0.4 is 10.9 Å². The number of nitriles is 1. The number of esters is 1. The van der Waals surface area contributed by atoms with Gasteiger partial charge in [0, 0.05) is 0 Å². The highest BCUT2D eigenvalue weighted by molar-refractivity contribution is 6.35. The lowest BCUT2D eigenvalue weighted by molar-refractivity contribution is -0.164. The fourth-order valence-electron chi connectivity index (χ4n) is 1.95. The highest BCUT2D eigenvalue weighted by Crippen LogP contribution is 2.34. The maximum atomic E-state index is 13.1. The lowest BCUT2D eigenvalue weighted by atomic mass is 9.98. The number of carbonyl (C=O) groups excluding carboxylic acids is 1. The van der Waals surface area contributed by atoms with Crippen LogP contribution in [-0.4, -0.2) is 31.1 Å². The van der Waals surface area contributed by atoms with Crippen molar-refractivity contribution in [2.45, 2.75) is 18.3 Å². The quantitative estimate of drug-likeness (QED) is 0.802. The molecule has 1 aromatic carbocycles. The van der Waals surface area contributed by atoms with Crippen molar-refractivity contribution >= 4 is 11.8 Å². The van der Waals surface area contributed by atoms with Gasteiger partial charge in [-0.15, -0.1) is 0 Å². The molecule has 0 spiro atoms. The zero-order valence-corrected chi connectivity index (χ0v) is 11.3. The van der Waals surface area contributed by atoms with E-state index in [9.17, 15) is 18.0 Å². The molecule has 0 aromatic heterocycles. The van der Waals surface area contributed by atoms with Gasteiger partial charge in [0.15, 0.2) is 0 Å². The van der Waals surface area contributed by atoms with E-state index < -0.39 is 24.2 Å². The summed E-state index contributed by atoms with van der Waals surface area (Å²) in [7, 11) is 1.10. The topological polar surface area (TPSA) is 86.5 Å². The minimum absolute atomic E-state index is 0.219. The molecule has 0 unspecified atom stereocenters. The Morgan fingerprint density at radius 2 is 2.00 bits per heavy atom. The second-order valence-electron chi connectivity index (χ2n) is 4.44. The van der Waals surface area contributed by atoms with E-state index in [0.717, 1.165) is 7.11 Å². The van der Waals surface area contributed by atoms with E-state index >= 15 is 0 Å². The molecule has 0 radical (unpaired) electrons. The molecule has 0 aliphatic carbocycles. The number of aliphatic imine (C=N–C) groups is 1. The van der Waals surface area contributed by atoms with Gasteiger partial charge < -0.3 is 4.74 Å². The van der Waals surface area contributed by atoms with Gasteiger partial charge in [0.1, 0.15) is 12.1 Å². The average molecular weight is 312 g/mol. The number of nitrogens with one attached hydrogen (secondary N) is 2. The maximum absolute atomic E-state index is 13.1. The van der Waals surface area contributed by atoms with E-state index in [1.165, 1.54) is 24.3 Å². The van der Waals surface area contributed by atoms with Gasteiger partial charge in [-0.05, 0) is 17.7 Å². The Morgan fingerprint density at radius 3 is 2.50 bits per heavy atom. The Morgan fingerprint density at radius 1 is 1.36 bits per heavy atom. The molecule has 22 heavy (non-hydrogen) atoms. The highest BCUT2D eigenvalue weighted by atomic mass is 19.4. The standard InChI is InChI=1S/C13H11F3N4O2/c1-22-12(21)11-18-9(10(19-20-11)13(14,15)16)8-4-2-7(6-17)3-5-8/h2-5,9-10,19H,1H3,(H,18,20)/t9-,10+/m1/s1. The van der Waals surface area contributed by atoms with E-state index in [4.69, 9.17) is 5.26 Å². The predicted molar refractivity (Wildman–Crippen MR) is 69.5 cm³/mol. The number of alkyl halides is 3. The van der Waals surface area contributed by atoms with Crippen LogP contribution in [0.25, 0.3) is 0 Å². The molecule has 1 heterocycles. The summed E-state index contributed by atoms with van der Waals surface area (Å²) in [6, 6.07) is 3.99. The number of hydrogen-bond acceptors (Lipinski definition) is 6. The third-order valence-corrected chi connectivity index (χ3v) is 3.04. The molecule has 0 fully saturated rings. The Bertz CT molecular complexity index is 634. The third-order valence-electron chi connectivity index (χ3n) is 3.04. The highest BCUT2D eigenvalue weighted by Gasteiger charge is 2.48. The van der Waals surface area contributed by atoms with Crippen LogP contribution in [0.5, 0.6) is 0 Å². The number of nitrogens with zero attached hydrogens (tertiary/aromatic N) is 2. The molecule has 116 valence electrons. The average Bonchev–Trinajstić information content (AvgIpc) is 2.52. The molecule has 2 N–H and O–H groups in total. The summed E-state index contributed by atoms with van der Waals surface area (Å²) in [6.45, 7) is 0. The molecule has 0 saturated heterocycles. The van der Waals surface area contributed by atoms with Gasteiger partial charge >= 0.3 is 12.1 Å². The van der Waals surface area contributed by atoms with Gasteiger partial charge in [0.2, 0.25) is 5.84 Å². The van der Waals surface area contributed by atoms with Gasteiger partial charge in [-0.2, -0.15) is 18.4 Å². The fraction of sp³-hybridized carbons (Fsp3) is 0.308. The monoisotopic (exact) mass is 312 g/mol. The van der Waals surface area contributed by atoms with E-state index in [1.807, 2.05) is 11.5 Å².